The van der Waals surface area contributed by atoms with E-state index in [0.717, 1.165) is 14.6 Å². The van der Waals surface area contributed by atoms with Crippen molar-refractivity contribution in [2.45, 2.75) is 0 Å². The summed E-state index contributed by atoms with van der Waals surface area (Å²) in [5.74, 6) is -0.0631. The minimum atomic E-state index is -0.0631. The van der Waals surface area contributed by atoms with Crippen LogP contribution >= 0.6 is 27.3 Å². The predicted molar refractivity (Wildman–Crippen MR) is 82.8 cm³/mol. The second-order valence-electron chi connectivity index (χ2n) is 4.20. The monoisotopic (exact) mass is 342 g/mol. The number of amides is 1. The summed E-state index contributed by atoms with van der Waals surface area (Å²) in [6, 6.07) is 5.83. The standard InChI is InChI=1S/C13H15BrN2O2S/c1-16(5-6-18-2)13(17)12-11(15)9-4-3-8(14)7-10(9)19-12/h3-4,7H,5-6,15H2,1-2H3. The smallest absolute Gasteiger partial charge is 0.265 e. The van der Waals surface area contributed by atoms with Crippen molar-refractivity contribution in [1.29, 1.82) is 0 Å². The Labute approximate surface area is 124 Å². The summed E-state index contributed by atoms with van der Waals surface area (Å²) in [5, 5.41) is 0.927. The van der Waals surface area contributed by atoms with Crippen molar-refractivity contribution in [1.82, 2.24) is 4.90 Å². The first-order valence-corrected chi connectivity index (χ1v) is 7.37. The average molecular weight is 343 g/mol. The molecule has 0 bridgehead atoms. The van der Waals surface area contributed by atoms with E-state index in [9.17, 15) is 4.79 Å². The number of benzene rings is 1. The number of hydrogen-bond donors (Lipinski definition) is 1. The van der Waals surface area contributed by atoms with Crippen molar-refractivity contribution in [3.63, 3.8) is 0 Å². The van der Waals surface area contributed by atoms with Crippen molar-refractivity contribution in [3.8, 4) is 0 Å². The van der Waals surface area contributed by atoms with Gasteiger partial charge >= 0.3 is 0 Å². The molecule has 0 aliphatic carbocycles. The lowest BCUT2D eigenvalue weighted by molar-refractivity contribution is 0.0750. The predicted octanol–water partition coefficient (Wildman–Crippen LogP) is 2.96. The highest BCUT2D eigenvalue weighted by atomic mass is 79.9. The van der Waals surface area contributed by atoms with Crippen molar-refractivity contribution < 1.29 is 9.53 Å². The molecule has 2 rings (SSSR count). The fraction of sp³-hybridized carbons (Fsp3) is 0.308. The summed E-state index contributed by atoms with van der Waals surface area (Å²) in [7, 11) is 3.37. The maximum absolute atomic E-state index is 12.3. The van der Waals surface area contributed by atoms with E-state index in [1.807, 2.05) is 18.2 Å². The number of halogens is 1. The van der Waals surface area contributed by atoms with Crippen LogP contribution in [-0.2, 0) is 4.74 Å². The molecule has 19 heavy (non-hydrogen) atoms. The minimum Gasteiger partial charge on any atom is -0.397 e. The lowest BCUT2D eigenvalue weighted by Gasteiger charge is -2.15. The third kappa shape index (κ3) is 2.91. The molecule has 1 aromatic carbocycles. The molecule has 0 aliphatic rings. The Morgan fingerprint density at radius 2 is 2.26 bits per heavy atom. The van der Waals surface area contributed by atoms with E-state index < -0.39 is 0 Å². The van der Waals surface area contributed by atoms with E-state index >= 15 is 0 Å². The van der Waals surface area contributed by atoms with E-state index in [1.54, 1.807) is 19.1 Å². The number of methoxy groups -OCH3 is 1. The molecule has 0 radical (unpaired) electrons. The molecule has 102 valence electrons. The minimum absolute atomic E-state index is 0.0631. The van der Waals surface area contributed by atoms with Gasteiger partial charge in [-0.2, -0.15) is 0 Å². The van der Waals surface area contributed by atoms with Crippen molar-refractivity contribution in [2.75, 3.05) is 33.0 Å². The van der Waals surface area contributed by atoms with Gasteiger partial charge in [-0.05, 0) is 12.1 Å². The lowest BCUT2D eigenvalue weighted by Crippen LogP contribution is -2.29. The zero-order valence-electron chi connectivity index (χ0n) is 10.8. The van der Waals surface area contributed by atoms with Gasteiger partial charge in [0.15, 0.2) is 0 Å². The van der Waals surface area contributed by atoms with Crippen molar-refractivity contribution >= 4 is 48.9 Å². The first kappa shape index (κ1) is 14.3. The molecule has 6 heteroatoms. The molecule has 0 fully saturated rings. The second kappa shape index (κ2) is 5.90. The van der Waals surface area contributed by atoms with Gasteiger partial charge in [0.1, 0.15) is 4.88 Å². The topological polar surface area (TPSA) is 55.6 Å². The Bertz CT molecular complexity index is 612. The van der Waals surface area contributed by atoms with E-state index in [2.05, 4.69) is 15.9 Å². The summed E-state index contributed by atoms with van der Waals surface area (Å²) in [4.78, 5) is 14.5. The van der Waals surface area contributed by atoms with Gasteiger partial charge in [-0.3, -0.25) is 4.79 Å². The van der Waals surface area contributed by atoms with Gasteiger partial charge in [0.2, 0.25) is 0 Å². The molecule has 0 unspecified atom stereocenters. The molecular formula is C13H15BrN2O2S. The van der Waals surface area contributed by atoms with Crippen LogP contribution in [0.4, 0.5) is 5.69 Å². The van der Waals surface area contributed by atoms with Crippen LogP contribution in [-0.4, -0.2) is 38.1 Å². The molecule has 1 aromatic heterocycles. The summed E-state index contributed by atoms with van der Waals surface area (Å²) >= 11 is 4.84. The van der Waals surface area contributed by atoms with Gasteiger partial charge in [-0.25, -0.2) is 0 Å². The van der Waals surface area contributed by atoms with Crippen LogP contribution in [0.25, 0.3) is 10.1 Å². The lowest BCUT2D eigenvalue weighted by atomic mass is 10.2. The Balaban J connectivity index is 2.34. The van der Waals surface area contributed by atoms with Crippen LogP contribution in [0.15, 0.2) is 22.7 Å². The molecule has 1 heterocycles. The zero-order valence-corrected chi connectivity index (χ0v) is 13.2. The zero-order chi connectivity index (χ0) is 14.0. The molecule has 2 aromatic rings. The second-order valence-corrected chi connectivity index (χ2v) is 6.17. The molecule has 1 amide bonds. The van der Waals surface area contributed by atoms with Gasteiger partial charge in [-0.1, -0.05) is 22.0 Å². The van der Waals surface area contributed by atoms with Crippen molar-refractivity contribution in [2.24, 2.45) is 0 Å². The number of likely N-dealkylation sites (N-methyl/N-ethyl adjacent to an activating group) is 1. The van der Waals surface area contributed by atoms with Crippen LogP contribution in [0.2, 0.25) is 0 Å². The Morgan fingerprint density at radius 3 is 2.95 bits per heavy atom. The van der Waals surface area contributed by atoms with E-state index in [-0.39, 0.29) is 5.91 Å². The summed E-state index contributed by atoms with van der Waals surface area (Å²) in [5.41, 5.74) is 6.63. The molecule has 4 nitrogen and oxygen atoms in total. The SMILES string of the molecule is COCCN(C)C(=O)c1sc2cc(Br)ccc2c1N. The average Bonchev–Trinajstić information content (AvgIpc) is 2.71. The Morgan fingerprint density at radius 1 is 1.53 bits per heavy atom. The highest BCUT2D eigenvalue weighted by Gasteiger charge is 2.19. The Kier molecular flexibility index (Phi) is 4.44. The molecule has 0 atom stereocenters. The number of rotatable bonds is 4. The number of nitrogens with zero attached hydrogens (tertiary/aromatic N) is 1. The number of carbonyl (C=O) groups excluding carboxylic acids is 1. The van der Waals surface area contributed by atoms with Crippen LogP contribution in [0.1, 0.15) is 9.67 Å². The molecule has 0 aliphatic heterocycles. The van der Waals surface area contributed by atoms with Gasteiger partial charge < -0.3 is 15.4 Å². The van der Waals surface area contributed by atoms with E-state index in [0.29, 0.717) is 23.7 Å². The largest absolute Gasteiger partial charge is 0.397 e. The van der Waals surface area contributed by atoms with Gasteiger partial charge in [0, 0.05) is 35.3 Å². The number of thiophene rings is 1. The third-order valence-electron chi connectivity index (χ3n) is 2.86. The van der Waals surface area contributed by atoms with Crippen LogP contribution in [0.3, 0.4) is 0 Å². The number of anilines is 1. The number of nitrogen functional groups attached to an aromatic ring is 1. The maximum Gasteiger partial charge on any atom is 0.265 e. The summed E-state index contributed by atoms with van der Waals surface area (Å²) < 4.78 is 6.96. The maximum atomic E-state index is 12.3. The summed E-state index contributed by atoms with van der Waals surface area (Å²) in [6.07, 6.45) is 0. The summed E-state index contributed by atoms with van der Waals surface area (Å²) in [6.45, 7) is 1.06. The van der Waals surface area contributed by atoms with Gasteiger partial charge in [-0.15, -0.1) is 11.3 Å². The molecular weight excluding hydrogens is 328 g/mol. The number of fused-ring (bicyclic) bond motifs is 1. The first-order valence-electron chi connectivity index (χ1n) is 5.76. The molecule has 2 N–H and O–H groups in total. The first-order chi connectivity index (χ1) is 9.04. The number of ether oxygens (including phenoxy) is 1. The molecule has 0 saturated heterocycles. The highest BCUT2D eigenvalue weighted by Crippen LogP contribution is 2.35. The fourth-order valence-corrected chi connectivity index (χ4v) is 3.42. The highest BCUT2D eigenvalue weighted by molar-refractivity contribution is 9.10. The van der Waals surface area contributed by atoms with Crippen LogP contribution in [0.5, 0.6) is 0 Å². The number of hydrogen-bond acceptors (Lipinski definition) is 4. The van der Waals surface area contributed by atoms with Gasteiger partial charge in [0.25, 0.3) is 5.91 Å². The normalized spacial score (nSPS) is 10.9. The third-order valence-corrected chi connectivity index (χ3v) is 4.51. The van der Waals surface area contributed by atoms with Crippen molar-refractivity contribution in [3.05, 3.63) is 27.5 Å². The number of nitrogens with two attached hydrogens (primary N) is 1. The molecule has 0 saturated carbocycles. The Hall–Kier alpha value is -1.11. The fourth-order valence-electron chi connectivity index (χ4n) is 1.75. The van der Waals surface area contributed by atoms with E-state index in [4.69, 9.17) is 10.5 Å². The number of carbonyl (C=O) groups is 1. The van der Waals surface area contributed by atoms with Crippen LogP contribution < -0.4 is 5.73 Å². The van der Waals surface area contributed by atoms with E-state index in [1.165, 1.54) is 11.3 Å². The van der Waals surface area contributed by atoms with Crippen LogP contribution in [0, 0.1) is 0 Å². The molecule has 0 spiro atoms. The quantitative estimate of drug-likeness (QED) is 0.929. The van der Waals surface area contributed by atoms with Gasteiger partial charge in [0.05, 0.1) is 12.3 Å².